The van der Waals surface area contributed by atoms with E-state index in [2.05, 4.69) is 0 Å². The third-order valence-corrected chi connectivity index (χ3v) is 6.16. The number of amides is 1. The van der Waals surface area contributed by atoms with Crippen molar-refractivity contribution >= 4 is 11.9 Å². The lowest BCUT2D eigenvalue weighted by Crippen LogP contribution is -2.32. The number of aliphatic carboxylic acids is 1. The second kappa shape index (κ2) is 12.9. The SMILES string of the molecule is CCOc1ccccc1-c1cccc([C@H](O)/C=C/C2CCC(=O)N2CCCCCCC(=O)O)c1. The van der Waals surface area contributed by atoms with E-state index in [0.29, 0.717) is 26.0 Å². The van der Waals surface area contributed by atoms with Crippen molar-refractivity contribution in [2.45, 2.75) is 64.0 Å². The third-order valence-electron chi connectivity index (χ3n) is 6.16. The Morgan fingerprint density at radius 2 is 1.94 bits per heavy atom. The number of rotatable bonds is 13. The van der Waals surface area contributed by atoms with Gasteiger partial charge in [-0.05, 0) is 49.4 Å². The normalized spacial score (nSPS) is 16.8. The van der Waals surface area contributed by atoms with Gasteiger partial charge in [-0.25, -0.2) is 0 Å². The lowest BCUT2D eigenvalue weighted by molar-refractivity contribution is -0.137. The lowest BCUT2D eigenvalue weighted by Gasteiger charge is -2.22. The van der Waals surface area contributed by atoms with Crippen molar-refractivity contribution in [1.82, 2.24) is 4.90 Å². The van der Waals surface area contributed by atoms with E-state index in [4.69, 9.17) is 9.84 Å². The predicted octanol–water partition coefficient (Wildman–Crippen LogP) is 5.37. The van der Waals surface area contributed by atoms with Gasteiger partial charge in [0.1, 0.15) is 5.75 Å². The molecule has 182 valence electrons. The highest BCUT2D eigenvalue weighted by Crippen LogP contribution is 2.32. The van der Waals surface area contributed by atoms with Crippen molar-refractivity contribution in [3.05, 3.63) is 66.2 Å². The Kier molecular flexibility index (Phi) is 9.71. The van der Waals surface area contributed by atoms with Crippen LogP contribution in [0.2, 0.25) is 0 Å². The number of aliphatic hydroxyl groups excluding tert-OH is 1. The fraction of sp³-hybridized carbons (Fsp3) is 0.429. The van der Waals surface area contributed by atoms with Crippen LogP contribution in [0.5, 0.6) is 5.75 Å². The van der Waals surface area contributed by atoms with Crippen molar-refractivity contribution in [1.29, 1.82) is 0 Å². The Morgan fingerprint density at radius 3 is 2.74 bits per heavy atom. The van der Waals surface area contributed by atoms with Crippen molar-refractivity contribution < 1.29 is 24.5 Å². The van der Waals surface area contributed by atoms with Crippen LogP contribution in [0.1, 0.15) is 63.5 Å². The van der Waals surface area contributed by atoms with Gasteiger partial charge in [0.25, 0.3) is 0 Å². The summed E-state index contributed by atoms with van der Waals surface area (Å²) in [6, 6.07) is 15.7. The average Bonchev–Trinajstić information content (AvgIpc) is 3.19. The number of hydrogen-bond donors (Lipinski definition) is 2. The van der Waals surface area contributed by atoms with E-state index in [-0.39, 0.29) is 18.4 Å². The fourth-order valence-electron chi connectivity index (χ4n) is 4.38. The highest BCUT2D eigenvalue weighted by Gasteiger charge is 2.28. The Hall–Kier alpha value is -3.12. The quantitative estimate of drug-likeness (QED) is 0.307. The van der Waals surface area contributed by atoms with E-state index in [1.165, 1.54) is 0 Å². The number of nitrogens with zero attached hydrogens (tertiary/aromatic N) is 1. The molecule has 0 aromatic heterocycles. The van der Waals surface area contributed by atoms with Crippen molar-refractivity contribution in [2.75, 3.05) is 13.2 Å². The van der Waals surface area contributed by atoms with Crippen LogP contribution in [0.25, 0.3) is 11.1 Å². The Morgan fingerprint density at radius 1 is 1.15 bits per heavy atom. The summed E-state index contributed by atoms with van der Waals surface area (Å²) in [6.45, 7) is 3.21. The first-order valence-electron chi connectivity index (χ1n) is 12.2. The Bertz CT molecular complexity index is 986. The summed E-state index contributed by atoms with van der Waals surface area (Å²) in [7, 11) is 0. The number of carbonyl (C=O) groups excluding carboxylic acids is 1. The van der Waals surface area contributed by atoms with Crippen LogP contribution >= 0.6 is 0 Å². The molecule has 34 heavy (non-hydrogen) atoms. The maximum absolute atomic E-state index is 12.3. The van der Waals surface area contributed by atoms with E-state index in [1.807, 2.05) is 66.4 Å². The second-order valence-corrected chi connectivity index (χ2v) is 8.64. The zero-order valence-corrected chi connectivity index (χ0v) is 19.9. The number of likely N-dealkylation sites (tertiary alicyclic amines) is 1. The van der Waals surface area contributed by atoms with Crippen LogP contribution in [0.15, 0.2) is 60.7 Å². The minimum absolute atomic E-state index is 0.0111. The van der Waals surface area contributed by atoms with Crippen LogP contribution in [0.3, 0.4) is 0 Å². The molecule has 0 aliphatic carbocycles. The number of carboxylic acid groups (broad SMARTS) is 1. The molecule has 0 saturated carbocycles. The first-order chi connectivity index (χ1) is 16.5. The number of aliphatic hydroxyl groups is 1. The molecule has 0 spiro atoms. The number of benzene rings is 2. The number of unbranched alkanes of at least 4 members (excludes halogenated alkanes) is 3. The van der Waals surface area contributed by atoms with Crippen molar-refractivity contribution in [3.8, 4) is 16.9 Å². The molecule has 6 heteroatoms. The van der Waals surface area contributed by atoms with Crippen LogP contribution in [0.4, 0.5) is 0 Å². The first-order valence-corrected chi connectivity index (χ1v) is 12.2. The minimum Gasteiger partial charge on any atom is -0.493 e. The molecule has 3 rings (SSSR count). The second-order valence-electron chi connectivity index (χ2n) is 8.64. The molecular weight excluding hydrogens is 430 g/mol. The van der Waals surface area contributed by atoms with Gasteiger partial charge < -0.3 is 19.8 Å². The van der Waals surface area contributed by atoms with Crippen molar-refractivity contribution in [2.24, 2.45) is 0 Å². The molecule has 2 atom stereocenters. The van der Waals surface area contributed by atoms with Gasteiger partial charge in [0.15, 0.2) is 0 Å². The summed E-state index contributed by atoms with van der Waals surface area (Å²) in [4.78, 5) is 24.8. The van der Waals surface area contributed by atoms with Gasteiger partial charge >= 0.3 is 5.97 Å². The monoisotopic (exact) mass is 465 g/mol. The molecule has 1 unspecified atom stereocenters. The standard InChI is InChI=1S/C28H35NO5/c1-2-34-26-13-7-6-12-24(26)21-10-9-11-22(20-21)25(30)17-15-23-16-18-27(31)29(23)19-8-4-3-5-14-28(32)33/h6-7,9-13,15,17,20,23,25,30H,2-5,8,14,16,18-19H2,1H3,(H,32,33)/b17-15+/t23?,25-/m1/s1. The highest BCUT2D eigenvalue weighted by atomic mass is 16.5. The topological polar surface area (TPSA) is 87.1 Å². The Labute approximate surface area is 201 Å². The van der Waals surface area contributed by atoms with E-state index in [0.717, 1.165) is 48.1 Å². The molecule has 0 radical (unpaired) electrons. The molecule has 1 aliphatic rings. The summed E-state index contributed by atoms with van der Waals surface area (Å²) in [6.07, 6.45) is 7.72. The van der Waals surface area contributed by atoms with E-state index >= 15 is 0 Å². The highest BCUT2D eigenvalue weighted by molar-refractivity contribution is 5.79. The van der Waals surface area contributed by atoms with Gasteiger partial charge in [-0.15, -0.1) is 0 Å². The van der Waals surface area contributed by atoms with E-state index in [9.17, 15) is 14.7 Å². The summed E-state index contributed by atoms with van der Waals surface area (Å²) < 4.78 is 5.75. The number of para-hydroxylation sites is 1. The lowest BCUT2D eigenvalue weighted by atomic mass is 9.99. The summed E-state index contributed by atoms with van der Waals surface area (Å²) in [5.74, 6) is 0.196. The van der Waals surface area contributed by atoms with Gasteiger partial charge in [0.2, 0.25) is 5.91 Å². The van der Waals surface area contributed by atoms with Crippen LogP contribution in [-0.2, 0) is 9.59 Å². The molecule has 2 N–H and O–H groups in total. The van der Waals surface area contributed by atoms with Gasteiger partial charge in [-0.2, -0.15) is 0 Å². The molecule has 2 aromatic rings. The molecule has 1 heterocycles. The van der Waals surface area contributed by atoms with Gasteiger partial charge in [-0.3, -0.25) is 9.59 Å². The van der Waals surface area contributed by atoms with Crippen LogP contribution in [0, 0.1) is 0 Å². The number of carboxylic acids is 1. The van der Waals surface area contributed by atoms with Crippen LogP contribution in [-0.4, -0.2) is 46.2 Å². The number of carbonyl (C=O) groups is 2. The first kappa shape index (κ1) is 25.5. The molecule has 6 nitrogen and oxygen atoms in total. The van der Waals surface area contributed by atoms with Gasteiger partial charge in [-0.1, -0.05) is 61.4 Å². The fourth-order valence-corrected chi connectivity index (χ4v) is 4.38. The summed E-state index contributed by atoms with van der Waals surface area (Å²) in [5, 5.41) is 19.5. The van der Waals surface area contributed by atoms with Crippen molar-refractivity contribution in [3.63, 3.8) is 0 Å². The molecule has 1 aliphatic heterocycles. The molecule has 2 aromatic carbocycles. The number of hydrogen-bond acceptors (Lipinski definition) is 4. The predicted molar refractivity (Wildman–Crippen MR) is 133 cm³/mol. The Balaban J connectivity index is 1.60. The van der Waals surface area contributed by atoms with E-state index in [1.54, 1.807) is 6.08 Å². The molecule has 1 fully saturated rings. The molecule has 1 saturated heterocycles. The number of ether oxygens (including phenoxy) is 1. The maximum Gasteiger partial charge on any atom is 0.303 e. The zero-order chi connectivity index (χ0) is 24.3. The van der Waals surface area contributed by atoms with E-state index < -0.39 is 12.1 Å². The summed E-state index contributed by atoms with van der Waals surface area (Å²) >= 11 is 0. The van der Waals surface area contributed by atoms with Gasteiger partial charge in [0, 0.05) is 24.9 Å². The largest absolute Gasteiger partial charge is 0.493 e. The molecule has 0 bridgehead atoms. The van der Waals surface area contributed by atoms with Gasteiger partial charge in [0.05, 0.1) is 18.8 Å². The average molecular weight is 466 g/mol. The zero-order valence-electron chi connectivity index (χ0n) is 19.9. The minimum atomic E-state index is -0.771. The smallest absolute Gasteiger partial charge is 0.303 e. The molecule has 1 amide bonds. The van der Waals surface area contributed by atoms with Crippen LogP contribution < -0.4 is 4.74 Å². The summed E-state index contributed by atoms with van der Waals surface area (Å²) in [5.41, 5.74) is 2.75. The third kappa shape index (κ3) is 7.19. The maximum atomic E-state index is 12.3. The molecular formula is C28H35NO5.